The van der Waals surface area contributed by atoms with Crippen molar-refractivity contribution in [1.29, 1.82) is 0 Å². The summed E-state index contributed by atoms with van der Waals surface area (Å²) in [7, 11) is 0. The minimum Gasteiger partial charge on any atom is -0.459 e. The number of urea groups is 1. The van der Waals surface area contributed by atoms with Crippen molar-refractivity contribution in [2.24, 2.45) is 0 Å². The van der Waals surface area contributed by atoms with Gasteiger partial charge in [0.1, 0.15) is 0 Å². The molecule has 1 aliphatic rings. The molecule has 0 radical (unpaired) electrons. The largest absolute Gasteiger partial charge is 0.459 e. The summed E-state index contributed by atoms with van der Waals surface area (Å²) in [6, 6.07) is 6.89. The summed E-state index contributed by atoms with van der Waals surface area (Å²) in [6.45, 7) is 7.28. The van der Waals surface area contributed by atoms with E-state index in [-0.39, 0.29) is 12.1 Å². The lowest BCUT2D eigenvalue weighted by Gasteiger charge is -2.28. The molecule has 0 unspecified atom stereocenters. The average Bonchev–Trinajstić information content (AvgIpc) is 2.37. The molecule has 0 aromatic heterocycles. The SMILES string of the molecule is CC1=C(C(=O)OC(C)C)[C@@H](c2ccc(C)cc2)NC(=O)N1. The van der Waals surface area contributed by atoms with Crippen molar-refractivity contribution in [3.05, 3.63) is 46.7 Å². The highest BCUT2D eigenvalue weighted by Gasteiger charge is 2.32. The molecule has 0 aliphatic carbocycles. The van der Waals surface area contributed by atoms with Gasteiger partial charge in [-0.15, -0.1) is 0 Å². The number of esters is 1. The first kappa shape index (κ1) is 15.1. The van der Waals surface area contributed by atoms with E-state index in [4.69, 9.17) is 4.74 Å². The highest BCUT2D eigenvalue weighted by Crippen LogP contribution is 2.28. The van der Waals surface area contributed by atoms with Gasteiger partial charge in [-0.25, -0.2) is 9.59 Å². The van der Waals surface area contributed by atoms with Crippen LogP contribution in [0.1, 0.15) is 37.9 Å². The maximum absolute atomic E-state index is 12.3. The van der Waals surface area contributed by atoms with Crippen LogP contribution in [0.4, 0.5) is 4.79 Å². The van der Waals surface area contributed by atoms with Crippen LogP contribution >= 0.6 is 0 Å². The minimum atomic E-state index is -0.495. The molecule has 2 N–H and O–H groups in total. The maximum atomic E-state index is 12.3. The number of rotatable bonds is 3. The van der Waals surface area contributed by atoms with E-state index in [1.807, 2.05) is 31.2 Å². The van der Waals surface area contributed by atoms with Gasteiger partial charge in [0.2, 0.25) is 0 Å². The Morgan fingerprint density at radius 1 is 1.19 bits per heavy atom. The second-order valence-corrected chi connectivity index (χ2v) is 5.43. The number of amides is 2. The molecule has 1 aromatic rings. The Morgan fingerprint density at radius 3 is 2.38 bits per heavy atom. The van der Waals surface area contributed by atoms with Gasteiger partial charge < -0.3 is 15.4 Å². The fourth-order valence-electron chi connectivity index (χ4n) is 2.25. The lowest BCUT2D eigenvalue weighted by Crippen LogP contribution is -2.45. The van der Waals surface area contributed by atoms with Crippen LogP contribution in [0.15, 0.2) is 35.5 Å². The number of carbonyl (C=O) groups excluding carboxylic acids is 2. The van der Waals surface area contributed by atoms with Crippen molar-refractivity contribution in [2.75, 3.05) is 0 Å². The van der Waals surface area contributed by atoms with E-state index in [2.05, 4.69) is 10.6 Å². The molecule has 1 heterocycles. The third kappa shape index (κ3) is 3.42. The number of aryl methyl sites for hydroxylation is 1. The number of allylic oxidation sites excluding steroid dienone is 1. The third-order valence-electron chi connectivity index (χ3n) is 3.24. The Morgan fingerprint density at radius 2 is 1.81 bits per heavy atom. The molecular formula is C16H20N2O3. The maximum Gasteiger partial charge on any atom is 0.338 e. The van der Waals surface area contributed by atoms with Crippen LogP contribution < -0.4 is 10.6 Å². The summed E-state index contributed by atoms with van der Waals surface area (Å²) < 4.78 is 5.28. The zero-order valence-corrected chi connectivity index (χ0v) is 12.7. The average molecular weight is 288 g/mol. The molecule has 1 atom stereocenters. The molecule has 1 aliphatic heterocycles. The normalized spacial score (nSPS) is 18.3. The predicted molar refractivity (Wildman–Crippen MR) is 79.5 cm³/mol. The number of benzene rings is 1. The van der Waals surface area contributed by atoms with Gasteiger partial charge in [-0.05, 0) is 33.3 Å². The molecule has 21 heavy (non-hydrogen) atoms. The highest BCUT2D eigenvalue weighted by atomic mass is 16.5. The molecule has 2 rings (SSSR count). The summed E-state index contributed by atoms with van der Waals surface area (Å²) in [5.41, 5.74) is 2.93. The fourth-order valence-corrected chi connectivity index (χ4v) is 2.25. The molecule has 0 fully saturated rings. The third-order valence-corrected chi connectivity index (χ3v) is 3.24. The first-order chi connectivity index (χ1) is 9.88. The standard InChI is InChI=1S/C16H20N2O3/c1-9(2)21-15(19)13-11(4)17-16(20)18-14(13)12-7-5-10(3)6-8-12/h5-9,14H,1-4H3,(H2,17,18,20)/t14-/m1/s1. The van der Waals surface area contributed by atoms with Crippen LogP contribution in [0.2, 0.25) is 0 Å². The van der Waals surface area contributed by atoms with Crippen LogP contribution in [-0.4, -0.2) is 18.1 Å². The summed E-state index contributed by atoms with van der Waals surface area (Å²) >= 11 is 0. The zero-order valence-electron chi connectivity index (χ0n) is 12.7. The summed E-state index contributed by atoms with van der Waals surface area (Å²) in [4.78, 5) is 24.0. The Hall–Kier alpha value is -2.30. The number of ether oxygens (including phenoxy) is 1. The van der Waals surface area contributed by atoms with Crippen molar-refractivity contribution in [3.63, 3.8) is 0 Å². The van der Waals surface area contributed by atoms with Gasteiger partial charge in [0.15, 0.2) is 0 Å². The molecule has 0 saturated carbocycles. The Bertz CT molecular complexity index is 588. The second-order valence-electron chi connectivity index (χ2n) is 5.43. The van der Waals surface area contributed by atoms with Crippen molar-refractivity contribution >= 4 is 12.0 Å². The molecule has 112 valence electrons. The van der Waals surface area contributed by atoms with Gasteiger partial charge in [-0.2, -0.15) is 0 Å². The van der Waals surface area contributed by atoms with Gasteiger partial charge >= 0.3 is 12.0 Å². The molecule has 1 aromatic carbocycles. The summed E-state index contributed by atoms with van der Waals surface area (Å²) in [5, 5.41) is 5.40. The Balaban J connectivity index is 2.40. The molecule has 0 saturated heterocycles. The van der Waals surface area contributed by atoms with E-state index in [0.717, 1.165) is 11.1 Å². The highest BCUT2D eigenvalue weighted by molar-refractivity contribution is 5.95. The molecule has 0 bridgehead atoms. The van der Waals surface area contributed by atoms with Crippen LogP contribution in [0, 0.1) is 6.92 Å². The molecule has 5 heteroatoms. The van der Waals surface area contributed by atoms with Crippen LogP contribution in [0.25, 0.3) is 0 Å². The van der Waals surface area contributed by atoms with Gasteiger partial charge in [0, 0.05) is 5.70 Å². The van der Waals surface area contributed by atoms with Crippen molar-refractivity contribution in [1.82, 2.24) is 10.6 Å². The summed E-state index contributed by atoms with van der Waals surface area (Å²) in [6.07, 6.45) is -0.214. The van der Waals surface area contributed by atoms with Gasteiger partial charge in [-0.3, -0.25) is 0 Å². The lowest BCUT2D eigenvalue weighted by molar-refractivity contribution is -0.143. The van der Waals surface area contributed by atoms with E-state index >= 15 is 0 Å². The number of nitrogens with one attached hydrogen (secondary N) is 2. The van der Waals surface area contributed by atoms with Crippen LogP contribution in [0.5, 0.6) is 0 Å². The van der Waals surface area contributed by atoms with Gasteiger partial charge in [-0.1, -0.05) is 29.8 Å². The van der Waals surface area contributed by atoms with E-state index in [9.17, 15) is 9.59 Å². The van der Waals surface area contributed by atoms with Crippen molar-refractivity contribution in [3.8, 4) is 0 Å². The summed E-state index contributed by atoms with van der Waals surface area (Å²) in [5.74, 6) is -0.416. The quantitative estimate of drug-likeness (QED) is 0.840. The Labute approximate surface area is 124 Å². The molecule has 5 nitrogen and oxygen atoms in total. The number of hydrogen-bond donors (Lipinski definition) is 2. The number of carbonyl (C=O) groups is 2. The minimum absolute atomic E-state index is 0.214. The first-order valence-electron chi connectivity index (χ1n) is 6.94. The second kappa shape index (κ2) is 5.99. The van der Waals surface area contributed by atoms with E-state index in [0.29, 0.717) is 11.3 Å². The molecular weight excluding hydrogens is 268 g/mol. The monoisotopic (exact) mass is 288 g/mol. The number of hydrogen-bond acceptors (Lipinski definition) is 3. The van der Waals surface area contributed by atoms with Gasteiger partial charge in [0.05, 0.1) is 17.7 Å². The zero-order chi connectivity index (χ0) is 15.6. The van der Waals surface area contributed by atoms with Crippen LogP contribution in [0.3, 0.4) is 0 Å². The van der Waals surface area contributed by atoms with Crippen molar-refractivity contribution < 1.29 is 14.3 Å². The smallest absolute Gasteiger partial charge is 0.338 e. The van der Waals surface area contributed by atoms with E-state index < -0.39 is 12.0 Å². The molecule has 0 spiro atoms. The molecule has 2 amide bonds. The van der Waals surface area contributed by atoms with Crippen molar-refractivity contribution in [2.45, 2.75) is 39.8 Å². The fraction of sp³-hybridized carbons (Fsp3) is 0.375. The topological polar surface area (TPSA) is 67.4 Å². The first-order valence-corrected chi connectivity index (χ1v) is 6.94. The van der Waals surface area contributed by atoms with E-state index in [1.54, 1.807) is 20.8 Å². The lowest BCUT2D eigenvalue weighted by atomic mass is 9.95. The van der Waals surface area contributed by atoms with E-state index in [1.165, 1.54) is 0 Å². The Kier molecular flexibility index (Phi) is 4.31. The van der Waals surface area contributed by atoms with Gasteiger partial charge in [0.25, 0.3) is 0 Å². The predicted octanol–water partition coefficient (Wildman–Crippen LogP) is 2.57. The van der Waals surface area contributed by atoms with Crippen LogP contribution in [-0.2, 0) is 9.53 Å².